The molecule has 0 spiro atoms. The number of rotatable bonds is 5. The summed E-state index contributed by atoms with van der Waals surface area (Å²) in [6, 6.07) is 10.2. The van der Waals surface area contributed by atoms with Crippen molar-refractivity contribution in [3.05, 3.63) is 59.4 Å². The molecule has 0 bridgehead atoms. The van der Waals surface area contributed by atoms with E-state index in [1.165, 1.54) is 49.4 Å². The highest BCUT2D eigenvalue weighted by molar-refractivity contribution is 7.89. The van der Waals surface area contributed by atoms with Crippen molar-refractivity contribution in [2.45, 2.75) is 17.9 Å². The van der Waals surface area contributed by atoms with Crippen molar-refractivity contribution in [1.82, 2.24) is 4.72 Å². The van der Waals surface area contributed by atoms with E-state index in [1.807, 2.05) is 0 Å². The molecule has 0 aliphatic rings. The second kappa shape index (κ2) is 7.08. The lowest BCUT2D eigenvalue weighted by atomic mass is 10.2. The first-order valence-corrected chi connectivity index (χ1v) is 8.49. The number of para-hydroxylation sites is 1. The minimum atomic E-state index is -3.92. The van der Waals surface area contributed by atoms with Gasteiger partial charge in [-0.15, -0.1) is 0 Å². The Labute approximate surface area is 138 Å². The maximum Gasteiger partial charge on any atom is 0.242 e. The van der Waals surface area contributed by atoms with Gasteiger partial charge in [-0.1, -0.05) is 29.8 Å². The quantitative estimate of drug-likeness (QED) is 0.865. The van der Waals surface area contributed by atoms with Gasteiger partial charge < -0.3 is 5.32 Å². The molecule has 0 fully saturated rings. The molecule has 0 aliphatic heterocycles. The summed E-state index contributed by atoms with van der Waals surface area (Å²) in [6.07, 6.45) is 0. The van der Waals surface area contributed by atoms with Crippen LogP contribution in [-0.4, -0.2) is 20.4 Å². The molecular weight excluding hydrogens is 343 g/mol. The number of halogens is 2. The van der Waals surface area contributed by atoms with E-state index >= 15 is 0 Å². The minimum Gasteiger partial charge on any atom is -0.322 e. The van der Waals surface area contributed by atoms with Gasteiger partial charge in [-0.2, -0.15) is 4.72 Å². The fourth-order valence-electron chi connectivity index (χ4n) is 1.79. The fourth-order valence-corrected chi connectivity index (χ4v) is 3.30. The third-order valence-corrected chi connectivity index (χ3v) is 4.74. The number of hydrogen-bond donors (Lipinski definition) is 2. The number of carbonyl (C=O) groups is 1. The smallest absolute Gasteiger partial charge is 0.242 e. The van der Waals surface area contributed by atoms with E-state index < -0.39 is 27.8 Å². The van der Waals surface area contributed by atoms with Crippen LogP contribution in [0.4, 0.5) is 10.1 Å². The molecule has 5 nitrogen and oxygen atoms in total. The van der Waals surface area contributed by atoms with Crippen LogP contribution in [0.15, 0.2) is 53.4 Å². The summed E-state index contributed by atoms with van der Waals surface area (Å²) in [5.74, 6) is -1.29. The maximum absolute atomic E-state index is 13.5. The lowest BCUT2D eigenvalue weighted by molar-refractivity contribution is -0.117. The average Bonchev–Trinajstić information content (AvgIpc) is 2.49. The normalized spacial score (nSPS) is 12.7. The molecule has 8 heteroatoms. The van der Waals surface area contributed by atoms with Crippen molar-refractivity contribution in [2.75, 3.05) is 5.32 Å². The molecule has 23 heavy (non-hydrogen) atoms. The van der Waals surface area contributed by atoms with Gasteiger partial charge in [0.2, 0.25) is 15.9 Å². The largest absolute Gasteiger partial charge is 0.322 e. The number of carbonyl (C=O) groups excluding carboxylic acids is 1. The van der Waals surface area contributed by atoms with Gasteiger partial charge in [0.25, 0.3) is 0 Å². The van der Waals surface area contributed by atoms with Gasteiger partial charge in [0.15, 0.2) is 0 Å². The van der Waals surface area contributed by atoms with E-state index in [9.17, 15) is 17.6 Å². The maximum atomic E-state index is 13.5. The molecule has 0 radical (unpaired) electrons. The topological polar surface area (TPSA) is 75.3 Å². The molecule has 122 valence electrons. The second-order valence-corrected chi connectivity index (χ2v) is 6.92. The summed E-state index contributed by atoms with van der Waals surface area (Å²) in [4.78, 5) is 12.0. The molecule has 2 rings (SSSR count). The first-order valence-electron chi connectivity index (χ1n) is 6.63. The van der Waals surface area contributed by atoms with E-state index in [1.54, 1.807) is 6.07 Å². The molecule has 2 aromatic rings. The third kappa shape index (κ3) is 4.51. The van der Waals surface area contributed by atoms with Crippen LogP contribution in [0.5, 0.6) is 0 Å². The molecule has 1 atom stereocenters. The highest BCUT2D eigenvalue weighted by atomic mass is 35.5. The highest BCUT2D eigenvalue weighted by Crippen LogP contribution is 2.16. The predicted octanol–water partition coefficient (Wildman–Crippen LogP) is 2.78. The number of amides is 1. The van der Waals surface area contributed by atoms with E-state index in [2.05, 4.69) is 10.0 Å². The first-order chi connectivity index (χ1) is 10.8. The average molecular weight is 357 g/mol. The van der Waals surface area contributed by atoms with Gasteiger partial charge in [0.05, 0.1) is 16.6 Å². The Morgan fingerprint density at radius 2 is 1.87 bits per heavy atom. The van der Waals surface area contributed by atoms with Gasteiger partial charge >= 0.3 is 0 Å². The van der Waals surface area contributed by atoms with E-state index in [0.29, 0.717) is 0 Å². The zero-order valence-electron chi connectivity index (χ0n) is 12.1. The molecular formula is C15H14ClFN2O3S. The Hall–Kier alpha value is -1.96. The van der Waals surface area contributed by atoms with Gasteiger partial charge in [0, 0.05) is 5.02 Å². The Balaban J connectivity index is 2.10. The van der Waals surface area contributed by atoms with Gasteiger partial charge in [0.1, 0.15) is 5.82 Å². The monoisotopic (exact) mass is 356 g/mol. The molecule has 0 aromatic heterocycles. The Bertz CT molecular complexity index is 827. The van der Waals surface area contributed by atoms with Crippen molar-refractivity contribution in [3.63, 3.8) is 0 Å². The predicted molar refractivity (Wildman–Crippen MR) is 86.3 cm³/mol. The zero-order chi connectivity index (χ0) is 17.0. The summed E-state index contributed by atoms with van der Waals surface area (Å²) in [6.45, 7) is 1.36. The number of sulfonamides is 1. The van der Waals surface area contributed by atoms with Crippen LogP contribution in [0.25, 0.3) is 0 Å². The number of hydrogen-bond acceptors (Lipinski definition) is 3. The summed E-state index contributed by atoms with van der Waals surface area (Å²) in [5.41, 5.74) is -0.0219. The Morgan fingerprint density at radius 1 is 1.17 bits per heavy atom. The van der Waals surface area contributed by atoms with Crippen LogP contribution in [0, 0.1) is 5.82 Å². The van der Waals surface area contributed by atoms with Crippen LogP contribution in [-0.2, 0) is 14.8 Å². The van der Waals surface area contributed by atoms with Crippen molar-refractivity contribution < 1.29 is 17.6 Å². The van der Waals surface area contributed by atoms with Crippen LogP contribution < -0.4 is 10.0 Å². The van der Waals surface area contributed by atoms with Crippen LogP contribution >= 0.6 is 11.6 Å². The van der Waals surface area contributed by atoms with E-state index in [-0.39, 0.29) is 15.6 Å². The molecule has 0 saturated carbocycles. The Morgan fingerprint density at radius 3 is 2.52 bits per heavy atom. The summed E-state index contributed by atoms with van der Waals surface area (Å²) in [5, 5.41) is 2.59. The second-order valence-electron chi connectivity index (χ2n) is 4.77. The van der Waals surface area contributed by atoms with Crippen LogP contribution in [0.2, 0.25) is 5.02 Å². The molecule has 1 amide bonds. The van der Waals surface area contributed by atoms with Crippen LogP contribution in [0.1, 0.15) is 6.92 Å². The van der Waals surface area contributed by atoms with E-state index in [0.717, 1.165) is 0 Å². The molecule has 2 N–H and O–H groups in total. The van der Waals surface area contributed by atoms with Crippen molar-refractivity contribution in [2.24, 2.45) is 0 Å². The van der Waals surface area contributed by atoms with Gasteiger partial charge in [-0.25, -0.2) is 12.8 Å². The standard InChI is InChI=1S/C15H14ClFN2O3S/c1-10(15(20)18-14-8-3-2-7-13(14)17)19-23(21,22)12-6-4-5-11(16)9-12/h2-10,19H,1H3,(H,18,20)/t10-/m1/s1. The lowest BCUT2D eigenvalue weighted by Crippen LogP contribution is -2.41. The van der Waals surface area contributed by atoms with Crippen molar-refractivity contribution in [1.29, 1.82) is 0 Å². The minimum absolute atomic E-state index is 0.0219. The lowest BCUT2D eigenvalue weighted by Gasteiger charge is -2.15. The van der Waals surface area contributed by atoms with E-state index in [4.69, 9.17) is 11.6 Å². The first kappa shape index (κ1) is 17.4. The molecule has 2 aromatic carbocycles. The Kier molecular flexibility index (Phi) is 5.35. The summed E-state index contributed by atoms with van der Waals surface area (Å²) >= 11 is 5.76. The molecule has 0 unspecified atom stereocenters. The van der Waals surface area contributed by atoms with Crippen molar-refractivity contribution in [3.8, 4) is 0 Å². The van der Waals surface area contributed by atoms with Gasteiger partial charge in [-0.05, 0) is 37.3 Å². The number of benzene rings is 2. The third-order valence-electron chi connectivity index (χ3n) is 2.96. The summed E-state index contributed by atoms with van der Waals surface area (Å²) < 4.78 is 40.1. The summed E-state index contributed by atoms with van der Waals surface area (Å²) in [7, 11) is -3.92. The number of nitrogens with one attached hydrogen (secondary N) is 2. The molecule has 0 saturated heterocycles. The SMILES string of the molecule is C[C@@H](NS(=O)(=O)c1cccc(Cl)c1)C(=O)Nc1ccccc1F. The fraction of sp³-hybridized carbons (Fsp3) is 0.133. The van der Waals surface area contributed by atoms with Gasteiger partial charge in [-0.3, -0.25) is 4.79 Å². The van der Waals surface area contributed by atoms with Crippen LogP contribution in [0.3, 0.4) is 0 Å². The highest BCUT2D eigenvalue weighted by Gasteiger charge is 2.22. The van der Waals surface area contributed by atoms with Crippen molar-refractivity contribution >= 4 is 33.2 Å². The number of anilines is 1. The molecule has 0 aliphatic carbocycles. The zero-order valence-corrected chi connectivity index (χ0v) is 13.7. The molecule has 0 heterocycles.